The highest BCUT2D eigenvalue weighted by Gasteiger charge is 2.30. The Hall–Kier alpha value is -0.620. The average Bonchev–Trinajstić information content (AvgIpc) is 2.56. The van der Waals surface area contributed by atoms with Gasteiger partial charge in [-0.3, -0.25) is 4.79 Å². The van der Waals surface area contributed by atoms with Gasteiger partial charge in [0.05, 0.1) is 17.4 Å². The predicted molar refractivity (Wildman–Crippen MR) is 74.3 cm³/mol. The Morgan fingerprint density at radius 2 is 1.89 bits per heavy atom. The second kappa shape index (κ2) is 6.22. The molecule has 0 spiro atoms. The Morgan fingerprint density at radius 1 is 1.16 bits per heavy atom. The molecule has 3 atom stereocenters. The van der Waals surface area contributed by atoms with Crippen molar-refractivity contribution in [2.45, 2.75) is 44.6 Å². The van der Waals surface area contributed by atoms with Crippen LogP contribution >= 0.6 is 0 Å². The van der Waals surface area contributed by atoms with Gasteiger partial charge in [-0.2, -0.15) is 0 Å². The van der Waals surface area contributed by atoms with E-state index in [2.05, 4.69) is 5.32 Å². The van der Waals surface area contributed by atoms with Crippen LogP contribution in [-0.4, -0.2) is 38.4 Å². The van der Waals surface area contributed by atoms with Crippen molar-refractivity contribution in [1.29, 1.82) is 0 Å². The van der Waals surface area contributed by atoms with E-state index in [0.29, 0.717) is 13.0 Å². The summed E-state index contributed by atoms with van der Waals surface area (Å²) in [5, 5.41) is 2.91. The Balaban J connectivity index is 1.80. The first kappa shape index (κ1) is 14.8. The molecule has 110 valence electrons. The molecule has 2 fully saturated rings. The summed E-state index contributed by atoms with van der Waals surface area (Å²) in [5.41, 5.74) is 6.05. The van der Waals surface area contributed by atoms with Gasteiger partial charge >= 0.3 is 0 Å². The zero-order valence-electron chi connectivity index (χ0n) is 11.3. The molecule has 0 aromatic heterocycles. The van der Waals surface area contributed by atoms with Crippen LogP contribution in [0.1, 0.15) is 38.5 Å². The van der Waals surface area contributed by atoms with Crippen LogP contribution in [0.4, 0.5) is 0 Å². The molecule has 1 aliphatic heterocycles. The quantitative estimate of drug-likeness (QED) is 0.738. The van der Waals surface area contributed by atoms with Crippen molar-refractivity contribution in [1.82, 2.24) is 5.32 Å². The molecule has 1 heterocycles. The van der Waals surface area contributed by atoms with E-state index >= 15 is 0 Å². The molecule has 5 nitrogen and oxygen atoms in total. The van der Waals surface area contributed by atoms with E-state index in [-0.39, 0.29) is 35.3 Å². The van der Waals surface area contributed by atoms with Gasteiger partial charge in [0.15, 0.2) is 9.84 Å². The lowest BCUT2D eigenvalue weighted by Gasteiger charge is -2.21. The van der Waals surface area contributed by atoms with Gasteiger partial charge in [0.1, 0.15) is 0 Å². The van der Waals surface area contributed by atoms with Crippen LogP contribution in [0.25, 0.3) is 0 Å². The number of nitrogens with one attached hydrogen (secondary N) is 1. The maximum Gasteiger partial charge on any atom is 0.224 e. The van der Waals surface area contributed by atoms with E-state index in [4.69, 9.17) is 5.73 Å². The lowest BCUT2D eigenvalue weighted by atomic mass is 9.94. The molecule has 0 aromatic carbocycles. The summed E-state index contributed by atoms with van der Waals surface area (Å²) in [6.07, 6.45) is 5.75. The van der Waals surface area contributed by atoms with Crippen molar-refractivity contribution >= 4 is 15.7 Å². The van der Waals surface area contributed by atoms with Gasteiger partial charge in [0.2, 0.25) is 5.91 Å². The Morgan fingerprint density at radius 3 is 2.58 bits per heavy atom. The minimum Gasteiger partial charge on any atom is -0.356 e. The minimum absolute atomic E-state index is 0.0127. The Labute approximate surface area is 115 Å². The second-order valence-electron chi connectivity index (χ2n) is 5.92. The molecule has 3 unspecified atom stereocenters. The van der Waals surface area contributed by atoms with Gasteiger partial charge in [-0.05, 0) is 25.2 Å². The molecule has 2 aliphatic rings. The van der Waals surface area contributed by atoms with E-state index in [1.807, 2.05) is 0 Å². The van der Waals surface area contributed by atoms with Crippen LogP contribution in [-0.2, 0) is 14.6 Å². The van der Waals surface area contributed by atoms with Crippen molar-refractivity contribution in [3.8, 4) is 0 Å². The van der Waals surface area contributed by atoms with Crippen LogP contribution in [0.15, 0.2) is 0 Å². The first-order valence-corrected chi connectivity index (χ1v) is 9.04. The third-order valence-corrected chi connectivity index (χ3v) is 6.13. The Kier molecular flexibility index (Phi) is 4.84. The fourth-order valence-corrected chi connectivity index (χ4v) is 4.93. The number of rotatable bonds is 3. The molecule has 19 heavy (non-hydrogen) atoms. The lowest BCUT2D eigenvalue weighted by molar-refractivity contribution is -0.126. The number of amides is 1. The highest BCUT2D eigenvalue weighted by Crippen LogP contribution is 2.23. The molecule has 6 heteroatoms. The average molecular weight is 288 g/mol. The molecule has 0 bridgehead atoms. The maximum atomic E-state index is 12.1. The summed E-state index contributed by atoms with van der Waals surface area (Å²) in [6.45, 7) is 0.473. The zero-order valence-corrected chi connectivity index (χ0v) is 12.1. The number of hydrogen-bond donors (Lipinski definition) is 2. The highest BCUT2D eigenvalue weighted by molar-refractivity contribution is 7.91. The van der Waals surface area contributed by atoms with Crippen molar-refractivity contribution in [2.75, 3.05) is 18.1 Å². The standard InChI is InChI=1S/C13H24N2O3S/c14-12-5-3-1-2-4-11(12)13(16)15-8-10-6-7-19(17,18)9-10/h10-12H,1-9,14H2,(H,15,16). The van der Waals surface area contributed by atoms with Crippen LogP contribution in [0.5, 0.6) is 0 Å². The summed E-state index contributed by atoms with van der Waals surface area (Å²) in [6, 6.07) is -0.0465. The summed E-state index contributed by atoms with van der Waals surface area (Å²) >= 11 is 0. The van der Waals surface area contributed by atoms with E-state index in [1.54, 1.807) is 0 Å². The molecular weight excluding hydrogens is 264 g/mol. The van der Waals surface area contributed by atoms with Crippen LogP contribution < -0.4 is 11.1 Å². The van der Waals surface area contributed by atoms with Gasteiger partial charge in [0.25, 0.3) is 0 Å². The number of hydrogen-bond acceptors (Lipinski definition) is 4. The Bertz CT molecular complexity index is 422. The molecule has 0 aromatic rings. The number of sulfone groups is 1. The first-order valence-electron chi connectivity index (χ1n) is 7.21. The lowest BCUT2D eigenvalue weighted by Crippen LogP contribution is -2.42. The molecule has 1 saturated carbocycles. The first-order chi connectivity index (χ1) is 8.98. The van der Waals surface area contributed by atoms with Gasteiger partial charge in [-0.15, -0.1) is 0 Å². The predicted octanol–water partition coefficient (Wildman–Crippen LogP) is 0.445. The number of carbonyl (C=O) groups is 1. The normalized spacial score (nSPS) is 34.7. The molecular formula is C13H24N2O3S. The number of carbonyl (C=O) groups excluding carboxylic acids is 1. The molecule has 0 radical (unpaired) electrons. The monoisotopic (exact) mass is 288 g/mol. The third kappa shape index (κ3) is 4.18. The maximum absolute atomic E-state index is 12.1. The van der Waals surface area contributed by atoms with Gasteiger partial charge < -0.3 is 11.1 Å². The number of nitrogens with two attached hydrogens (primary N) is 1. The van der Waals surface area contributed by atoms with Crippen LogP contribution in [0.3, 0.4) is 0 Å². The topological polar surface area (TPSA) is 89.3 Å². The SMILES string of the molecule is NC1CCCCCC1C(=O)NCC1CCS(=O)(=O)C1. The largest absolute Gasteiger partial charge is 0.356 e. The van der Waals surface area contributed by atoms with Gasteiger partial charge in [-0.25, -0.2) is 8.42 Å². The minimum atomic E-state index is -2.86. The summed E-state index contributed by atoms with van der Waals surface area (Å²) in [5.74, 6) is 0.468. The zero-order chi connectivity index (χ0) is 13.9. The van der Waals surface area contributed by atoms with E-state index in [0.717, 1.165) is 32.1 Å². The molecule has 3 N–H and O–H groups in total. The highest BCUT2D eigenvalue weighted by atomic mass is 32.2. The summed E-state index contributed by atoms with van der Waals surface area (Å²) < 4.78 is 22.7. The van der Waals surface area contributed by atoms with Gasteiger partial charge in [-0.1, -0.05) is 19.3 Å². The molecule has 2 rings (SSSR count). The van der Waals surface area contributed by atoms with Crippen molar-refractivity contribution < 1.29 is 13.2 Å². The molecule has 1 amide bonds. The molecule has 1 saturated heterocycles. The fourth-order valence-electron chi connectivity index (χ4n) is 3.07. The van der Waals surface area contributed by atoms with E-state index in [9.17, 15) is 13.2 Å². The van der Waals surface area contributed by atoms with Crippen molar-refractivity contribution in [2.24, 2.45) is 17.6 Å². The van der Waals surface area contributed by atoms with Crippen molar-refractivity contribution in [3.63, 3.8) is 0 Å². The summed E-state index contributed by atoms with van der Waals surface area (Å²) in [4.78, 5) is 12.1. The molecule has 1 aliphatic carbocycles. The fraction of sp³-hybridized carbons (Fsp3) is 0.923. The van der Waals surface area contributed by atoms with Crippen molar-refractivity contribution in [3.05, 3.63) is 0 Å². The second-order valence-corrected chi connectivity index (χ2v) is 8.15. The van der Waals surface area contributed by atoms with E-state index in [1.165, 1.54) is 0 Å². The third-order valence-electron chi connectivity index (χ3n) is 4.30. The smallest absolute Gasteiger partial charge is 0.224 e. The van der Waals surface area contributed by atoms with E-state index < -0.39 is 9.84 Å². The van der Waals surface area contributed by atoms with Crippen LogP contribution in [0, 0.1) is 11.8 Å². The summed E-state index contributed by atoms with van der Waals surface area (Å²) in [7, 11) is -2.86. The van der Waals surface area contributed by atoms with Crippen LogP contribution in [0.2, 0.25) is 0 Å². The van der Waals surface area contributed by atoms with Gasteiger partial charge in [0, 0.05) is 12.6 Å².